The molecule has 0 aliphatic heterocycles. The SMILES string of the molecule is CCC(C(=O)OC)c1nccc(-c2cccs2)n1. The second-order valence-electron chi connectivity index (χ2n) is 3.76. The summed E-state index contributed by atoms with van der Waals surface area (Å²) in [5, 5.41) is 1.99. The van der Waals surface area contributed by atoms with Gasteiger partial charge in [0.1, 0.15) is 11.7 Å². The highest BCUT2D eigenvalue weighted by molar-refractivity contribution is 7.13. The predicted molar refractivity (Wildman–Crippen MR) is 70.4 cm³/mol. The standard InChI is InChI=1S/C13H14N2O2S/c1-3-9(13(16)17-2)12-14-7-6-10(15-12)11-5-4-8-18-11/h4-9H,3H2,1-2H3. The number of aromatic nitrogens is 2. The van der Waals surface area contributed by atoms with E-state index >= 15 is 0 Å². The largest absolute Gasteiger partial charge is 0.468 e. The van der Waals surface area contributed by atoms with Gasteiger partial charge in [-0.3, -0.25) is 4.79 Å². The summed E-state index contributed by atoms with van der Waals surface area (Å²) in [7, 11) is 1.38. The molecule has 2 aromatic heterocycles. The smallest absolute Gasteiger partial charge is 0.316 e. The summed E-state index contributed by atoms with van der Waals surface area (Å²) >= 11 is 1.61. The first kappa shape index (κ1) is 12.7. The number of hydrogen-bond acceptors (Lipinski definition) is 5. The highest BCUT2D eigenvalue weighted by atomic mass is 32.1. The van der Waals surface area contributed by atoms with E-state index in [4.69, 9.17) is 4.74 Å². The van der Waals surface area contributed by atoms with Gasteiger partial charge >= 0.3 is 5.97 Å². The maximum atomic E-state index is 11.6. The quantitative estimate of drug-likeness (QED) is 0.795. The van der Waals surface area contributed by atoms with E-state index in [1.807, 2.05) is 30.5 Å². The lowest BCUT2D eigenvalue weighted by molar-refractivity contribution is -0.142. The molecule has 2 rings (SSSR count). The Morgan fingerprint density at radius 2 is 2.33 bits per heavy atom. The van der Waals surface area contributed by atoms with Crippen LogP contribution in [0.3, 0.4) is 0 Å². The van der Waals surface area contributed by atoms with Gasteiger partial charge < -0.3 is 4.74 Å². The summed E-state index contributed by atoms with van der Waals surface area (Å²) in [6, 6.07) is 5.81. The summed E-state index contributed by atoms with van der Waals surface area (Å²) in [6.07, 6.45) is 2.31. The second-order valence-corrected chi connectivity index (χ2v) is 4.71. The van der Waals surface area contributed by atoms with Gasteiger partial charge in [-0.05, 0) is 23.9 Å². The van der Waals surface area contributed by atoms with Crippen molar-refractivity contribution in [2.24, 2.45) is 0 Å². The number of rotatable bonds is 4. The lowest BCUT2D eigenvalue weighted by atomic mass is 10.1. The van der Waals surface area contributed by atoms with Crippen molar-refractivity contribution in [3.63, 3.8) is 0 Å². The van der Waals surface area contributed by atoms with Crippen LogP contribution in [-0.2, 0) is 9.53 Å². The molecule has 1 unspecified atom stereocenters. The minimum absolute atomic E-state index is 0.291. The molecule has 2 heterocycles. The molecule has 2 aromatic rings. The molecule has 94 valence electrons. The number of hydrogen-bond donors (Lipinski definition) is 0. The van der Waals surface area contributed by atoms with E-state index in [0.717, 1.165) is 10.6 Å². The van der Waals surface area contributed by atoms with Crippen molar-refractivity contribution in [2.75, 3.05) is 7.11 Å². The van der Waals surface area contributed by atoms with E-state index in [9.17, 15) is 4.79 Å². The molecule has 0 aliphatic rings. The van der Waals surface area contributed by atoms with Gasteiger partial charge in [-0.25, -0.2) is 9.97 Å². The van der Waals surface area contributed by atoms with Gasteiger partial charge in [-0.15, -0.1) is 11.3 Å². The van der Waals surface area contributed by atoms with Gasteiger partial charge in [-0.1, -0.05) is 13.0 Å². The average molecular weight is 262 g/mol. The van der Waals surface area contributed by atoms with E-state index in [2.05, 4.69) is 9.97 Å². The summed E-state index contributed by atoms with van der Waals surface area (Å²) in [6.45, 7) is 1.92. The molecule has 0 fully saturated rings. The number of carbonyl (C=O) groups excluding carboxylic acids is 1. The van der Waals surface area contributed by atoms with Crippen molar-refractivity contribution in [2.45, 2.75) is 19.3 Å². The molecule has 0 spiro atoms. The summed E-state index contributed by atoms with van der Waals surface area (Å²) in [5.74, 6) is -0.161. The fourth-order valence-corrected chi connectivity index (χ4v) is 2.40. The third-order valence-electron chi connectivity index (χ3n) is 2.65. The van der Waals surface area contributed by atoms with Crippen LogP contribution in [0.4, 0.5) is 0 Å². The molecule has 18 heavy (non-hydrogen) atoms. The Hall–Kier alpha value is -1.75. The number of methoxy groups -OCH3 is 1. The van der Waals surface area contributed by atoms with E-state index in [1.165, 1.54) is 7.11 Å². The van der Waals surface area contributed by atoms with Crippen molar-refractivity contribution in [3.05, 3.63) is 35.6 Å². The van der Waals surface area contributed by atoms with E-state index in [1.54, 1.807) is 17.5 Å². The maximum Gasteiger partial charge on any atom is 0.316 e. The second kappa shape index (κ2) is 5.73. The van der Waals surface area contributed by atoms with Gasteiger partial charge in [0.15, 0.2) is 0 Å². The van der Waals surface area contributed by atoms with Crippen LogP contribution in [0.25, 0.3) is 10.6 Å². The van der Waals surface area contributed by atoms with E-state index < -0.39 is 5.92 Å². The molecule has 0 bridgehead atoms. The Kier molecular flexibility index (Phi) is 4.04. The Morgan fingerprint density at radius 3 is 2.94 bits per heavy atom. The van der Waals surface area contributed by atoms with E-state index in [-0.39, 0.29) is 5.97 Å². The normalized spacial score (nSPS) is 12.1. The number of carbonyl (C=O) groups is 1. The van der Waals surface area contributed by atoms with Crippen LogP contribution in [0.15, 0.2) is 29.8 Å². The summed E-state index contributed by atoms with van der Waals surface area (Å²) in [4.78, 5) is 21.3. The molecule has 0 radical (unpaired) electrons. The monoisotopic (exact) mass is 262 g/mol. The van der Waals surface area contributed by atoms with Crippen molar-refractivity contribution >= 4 is 17.3 Å². The lowest BCUT2D eigenvalue weighted by Gasteiger charge is -2.11. The molecular weight excluding hydrogens is 248 g/mol. The van der Waals surface area contributed by atoms with Crippen LogP contribution < -0.4 is 0 Å². The molecule has 5 heteroatoms. The Bertz CT molecular complexity index is 526. The Morgan fingerprint density at radius 1 is 1.50 bits per heavy atom. The van der Waals surface area contributed by atoms with Crippen LogP contribution >= 0.6 is 11.3 Å². The van der Waals surface area contributed by atoms with Crippen molar-refractivity contribution in [1.82, 2.24) is 9.97 Å². The predicted octanol–water partition coefficient (Wildman–Crippen LogP) is 2.87. The highest BCUT2D eigenvalue weighted by Gasteiger charge is 2.22. The number of ether oxygens (including phenoxy) is 1. The minimum atomic E-state index is -0.394. The first-order valence-electron chi connectivity index (χ1n) is 5.71. The first-order valence-corrected chi connectivity index (χ1v) is 6.59. The van der Waals surface area contributed by atoms with Gasteiger partial charge in [0.05, 0.1) is 17.7 Å². The zero-order valence-corrected chi connectivity index (χ0v) is 11.1. The van der Waals surface area contributed by atoms with Crippen LogP contribution in [0, 0.1) is 0 Å². The molecule has 4 nitrogen and oxygen atoms in total. The van der Waals surface area contributed by atoms with Gasteiger partial charge in [-0.2, -0.15) is 0 Å². The molecule has 0 aliphatic carbocycles. The van der Waals surface area contributed by atoms with Crippen LogP contribution in [-0.4, -0.2) is 23.0 Å². The molecule has 1 atom stereocenters. The molecule has 0 amide bonds. The summed E-state index contributed by atoms with van der Waals surface area (Å²) in [5.41, 5.74) is 0.845. The zero-order valence-electron chi connectivity index (χ0n) is 10.3. The number of nitrogens with zero attached hydrogens (tertiary/aromatic N) is 2. The topological polar surface area (TPSA) is 52.1 Å². The number of esters is 1. The summed E-state index contributed by atoms with van der Waals surface area (Å²) < 4.78 is 4.77. The average Bonchev–Trinajstić information content (AvgIpc) is 2.93. The third kappa shape index (κ3) is 2.56. The molecule has 0 N–H and O–H groups in total. The van der Waals surface area contributed by atoms with Crippen LogP contribution in [0.5, 0.6) is 0 Å². The van der Waals surface area contributed by atoms with Gasteiger partial charge in [0, 0.05) is 6.20 Å². The van der Waals surface area contributed by atoms with E-state index in [0.29, 0.717) is 12.2 Å². The zero-order chi connectivity index (χ0) is 13.0. The van der Waals surface area contributed by atoms with Gasteiger partial charge in [0.2, 0.25) is 0 Å². The third-order valence-corrected chi connectivity index (χ3v) is 3.55. The fourth-order valence-electron chi connectivity index (χ4n) is 1.70. The first-order chi connectivity index (χ1) is 8.76. The molecular formula is C13H14N2O2S. The van der Waals surface area contributed by atoms with Crippen LogP contribution in [0.2, 0.25) is 0 Å². The molecule has 0 saturated carbocycles. The molecule has 0 aromatic carbocycles. The number of thiophene rings is 1. The van der Waals surface area contributed by atoms with Crippen molar-refractivity contribution < 1.29 is 9.53 Å². The maximum absolute atomic E-state index is 11.6. The highest BCUT2D eigenvalue weighted by Crippen LogP contribution is 2.24. The Labute approximate surface area is 110 Å². The minimum Gasteiger partial charge on any atom is -0.468 e. The Balaban J connectivity index is 2.34. The van der Waals surface area contributed by atoms with Crippen molar-refractivity contribution in [1.29, 1.82) is 0 Å². The van der Waals surface area contributed by atoms with Crippen molar-refractivity contribution in [3.8, 4) is 10.6 Å². The van der Waals surface area contributed by atoms with Crippen LogP contribution in [0.1, 0.15) is 25.1 Å². The molecule has 0 saturated heterocycles. The fraction of sp³-hybridized carbons (Fsp3) is 0.308. The van der Waals surface area contributed by atoms with Gasteiger partial charge in [0.25, 0.3) is 0 Å². The lowest BCUT2D eigenvalue weighted by Crippen LogP contribution is -2.16.